The second-order valence-electron chi connectivity index (χ2n) is 7.83. The molecule has 2 aromatic carbocycles. The first kappa shape index (κ1) is 23.5. The van der Waals surface area contributed by atoms with Gasteiger partial charge in [0.25, 0.3) is 0 Å². The van der Waals surface area contributed by atoms with Crippen LogP contribution in [0.25, 0.3) is 0 Å². The van der Waals surface area contributed by atoms with E-state index < -0.39 is 0 Å². The van der Waals surface area contributed by atoms with Gasteiger partial charge in [0.2, 0.25) is 0 Å². The normalized spacial score (nSPS) is 21.4. The van der Waals surface area contributed by atoms with Crippen molar-refractivity contribution in [2.75, 3.05) is 13.7 Å². The SMILES string of the molecule is COC1(c2ccc(C)cc2)CCC(NCCCC(=O)c2ccc(F)cc2)CC1.Cl. The van der Waals surface area contributed by atoms with Crippen LogP contribution in [0, 0.1) is 12.7 Å². The van der Waals surface area contributed by atoms with Gasteiger partial charge in [-0.1, -0.05) is 29.8 Å². The number of halogens is 2. The molecule has 1 aliphatic rings. The molecule has 0 aliphatic heterocycles. The molecule has 0 atom stereocenters. The molecular weight excluding hydrogens is 389 g/mol. The van der Waals surface area contributed by atoms with Gasteiger partial charge in [-0.2, -0.15) is 0 Å². The Morgan fingerprint density at radius 1 is 1.10 bits per heavy atom. The van der Waals surface area contributed by atoms with Crippen LogP contribution >= 0.6 is 12.4 Å². The van der Waals surface area contributed by atoms with E-state index in [0.29, 0.717) is 18.0 Å². The zero-order valence-electron chi connectivity index (χ0n) is 17.2. The van der Waals surface area contributed by atoms with Crippen LogP contribution in [-0.2, 0) is 10.3 Å². The lowest BCUT2D eigenvalue weighted by molar-refractivity contribution is -0.0500. The zero-order chi connectivity index (χ0) is 20.0. The number of Topliss-reactive ketones (excluding diaryl/α,β-unsaturated/α-hetero) is 1. The molecule has 1 fully saturated rings. The predicted molar refractivity (Wildman–Crippen MR) is 117 cm³/mol. The third-order valence-corrected chi connectivity index (χ3v) is 5.94. The maximum atomic E-state index is 12.9. The fourth-order valence-electron chi connectivity index (χ4n) is 4.09. The second-order valence-corrected chi connectivity index (χ2v) is 7.83. The van der Waals surface area contributed by atoms with Crippen LogP contribution in [-0.4, -0.2) is 25.5 Å². The van der Waals surface area contributed by atoms with Gasteiger partial charge in [0.1, 0.15) is 5.82 Å². The van der Waals surface area contributed by atoms with E-state index in [4.69, 9.17) is 4.74 Å². The van der Waals surface area contributed by atoms with Gasteiger partial charge in [0.05, 0.1) is 5.60 Å². The van der Waals surface area contributed by atoms with Crippen LogP contribution in [0.2, 0.25) is 0 Å². The number of hydrogen-bond acceptors (Lipinski definition) is 3. The van der Waals surface area contributed by atoms with E-state index in [0.717, 1.165) is 38.6 Å². The van der Waals surface area contributed by atoms with Crippen LogP contribution in [0.3, 0.4) is 0 Å². The molecule has 0 heterocycles. The van der Waals surface area contributed by atoms with Crippen molar-refractivity contribution in [3.8, 4) is 0 Å². The predicted octanol–water partition coefficient (Wildman–Crippen LogP) is 5.59. The van der Waals surface area contributed by atoms with E-state index in [9.17, 15) is 9.18 Å². The highest BCUT2D eigenvalue weighted by Crippen LogP contribution is 2.40. The van der Waals surface area contributed by atoms with Crippen molar-refractivity contribution in [1.29, 1.82) is 0 Å². The Kier molecular flexibility index (Phi) is 8.81. The van der Waals surface area contributed by atoms with Crippen LogP contribution in [0.5, 0.6) is 0 Å². The molecule has 1 aliphatic carbocycles. The van der Waals surface area contributed by atoms with E-state index >= 15 is 0 Å². The van der Waals surface area contributed by atoms with E-state index in [2.05, 4.69) is 36.5 Å². The van der Waals surface area contributed by atoms with Crippen molar-refractivity contribution in [1.82, 2.24) is 5.32 Å². The molecule has 0 aromatic heterocycles. The van der Waals surface area contributed by atoms with Crippen LogP contribution in [0.1, 0.15) is 60.0 Å². The van der Waals surface area contributed by atoms with Crippen molar-refractivity contribution in [3.63, 3.8) is 0 Å². The standard InChI is InChI=1S/C24H30FNO2.ClH/c1-18-5-9-20(10-6-18)24(28-2)15-13-22(14-16-24)26-17-3-4-23(27)19-7-11-21(25)12-8-19;/h5-12,22,26H,3-4,13-17H2,1-2H3;1H. The monoisotopic (exact) mass is 419 g/mol. The maximum absolute atomic E-state index is 12.9. The molecule has 5 heteroatoms. The van der Waals surface area contributed by atoms with Crippen molar-refractivity contribution in [2.24, 2.45) is 0 Å². The average Bonchev–Trinajstić information content (AvgIpc) is 2.72. The molecule has 0 saturated heterocycles. The van der Waals surface area contributed by atoms with E-state index in [1.807, 2.05) is 7.11 Å². The molecule has 0 spiro atoms. The summed E-state index contributed by atoms with van der Waals surface area (Å²) < 4.78 is 18.9. The number of methoxy groups -OCH3 is 1. The Labute approximate surface area is 179 Å². The third kappa shape index (κ3) is 6.11. The summed E-state index contributed by atoms with van der Waals surface area (Å²) in [5, 5.41) is 3.59. The minimum atomic E-state index is -0.312. The van der Waals surface area contributed by atoms with Gasteiger partial charge in [-0.3, -0.25) is 4.79 Å². The highest BCUT2D eigenvalue weighted by atomic mass is 35.5. The third-order valence-electron chi connectivity index (χ3n) is 5.94. The highest BCUT2D eigenvalue weighted by Gasteiger charge is 2.36. The minimum Gasteiger partial charge on any atom is -0.374 e. The first-order valence-corrected chi connectivity index (χ1v) is 10.2. The fourth-order valence-corrected chi connectivity index (χ4v) is 4.09. The zero-order valence-corrected chi connectivity index (χ0v) is 18.1. The van der Waals surface area contributed by atoms with Gasteiger partial charge < -0.3 is 10.1 Å². The summed E-state index contributed by atoms with van der Waals surface area (Å²) in [6.07, 6.45) is 5.40. The van der Waals surface area contributed by atoms with Crippen LogP contribution in [0.4, 0.5) is 4.39 Å². The van der Waals surface area contributed by atoms with Crippen molar-refractivity contribution >= 4 is 18.2 Å². The maximum Gasteiger partial charge on any atom is 0.162 e. The largest absolute Gasteiger partial charge is 0.374 e. The van der Waals surface area contributed by atoms with Gasteiger partial charge in [-0.05, 0) is 75.4 Å². The van der Waals surface area contributed by atoms with Crippen molar-refractivity contribution < 1.29 is 13.9 Å². The molecular formula is C24H31ClFNO2. The molecule has 1 saturated carbocycles. The number of ketones is 1. The van der Waals surface area contributed by atoms with Crippen molar-refractivity contribution in [2.45, 2.75) is 57.1 Å². The molecule has 29 heavy (non-hydrogen) atoms. The first-order valence-electron chi connectivity index (χ1n) is 10.2. The van der Waals surface area contributed by atoms with Gasteiger partial charge >= 0.3 is 0 Å². The summed E-state index contributed by atoms with van der Waals surface area (Å²) in [6, 6.07) is 14.9. The number of aryl methyl sites for hydroxylation is 1. The van der Waals surface area contributed by atoms with Crippen molar-refractivity contribution in [3.05, 3.63) is 71.0 Å². The molecule has 158 valence electrons. The van der Waals surface area contributed by atoms with Gasteiger partial charge in [0, 0.05) is 25.1 Å². The summed E-state index contributed by atoms with van der Waals surface area (Å²) in [5.41, 5.74) is 2.94. The molecule has 3 nitrogen and oxygen atoms in total. The smallest absolute Gasteiger partial charge is 0.162 e. The second kappa shape index (κ2) is 10.9. The lowest BCUT2D eigenvalue weighted by atomic mass is 9.77. The van der Waals surface area contributed by atoms with Crippen LogP contribution < -0.4 is 5.32 Å². The number of rotatable bonds is 8. The fraction of sp³-hybridized carbons (Fsp3) is 0.458. The highest BCUT2D eigenvalue weighted by molar-refractivity contribution is 5.95. The summed E-state index contributed by atoms with van der Waals surface area (Å²) in [4.78, 5) is 12.1. The Bertz CT molecular complexity index is 768. The topological polar surface area (TPSA) is 38.3 Å². The molecule has 3 rings (SSSR count). The number of carbonyl (C=O) groups is 1. The van der Waals surface area contributed by atoms with Gasteiger partial charge in [0.15, 0.2) is 5.78 Å². The van der Waals surface area contributed by atoms with Gasteiger partial charge in [-0.15, -0.1) is 12.4 Å². The Morgan fingerprint density at radius 2 is 1.72 bits per heavy atom. The summed E-state index contributed by atoms with van der Waals surface area (Å²) in [5.74, 6) is -0.239. The number of hydrogen-bond donors (Lipinski definition) is 1. The number of nitrogens with one attached hydrogen (secondary N) is 1. The number of carbonyl (C=O) groups excluding carboxylic acids is 1. The molecule has 1 N–H and O–H groups in total. The lowest BCUT2D eigenvalue weighted by Crippen LogP contribution is -2.41. The van der Waals surface area contributed by atoms with E-state index in [1.165, 1.54) is 23.3 Å². The summed E-state index contributed by atoms with van der Waals surface area (Å²) in [6.45, 7) is 2.92. The van der Waals surface area contributed by atoms with Crippen LogP contribution in [0.15, 0.2) is 48.5 Å². The number of ether oxygens (including phenoxy) is 1. The molecule has 0 amide bonds. The summed E-state index contributed by atoms with van der Waals surface area (Å²) in [7, 11) is 1.81. The molecule has 0 unspecified atom stereocenters. The molecule has 2 aromatic rings. The Hall–Kier alpha value is -1.75. The molecule has 0 bridgehead atoms. The molecule has 0 radical (unpaired) electrons. The van der Waals surface area contributed by atoms with E-state index in [-0.39, 0.29) is 29.6 Å². The Morgan fingerprint density at radius 3 is 2.31 bits per heavy atom. The number of benzene rings is 2. The Balaban J connectivity index is 0.00000300. The average molecular weight is 420 g/mol. The van der Waals surface area contributed by atoms with Gasteiger partial charge in [-0.25, -0.2) is 4.39 Å². The minimum absolute atomic E-state index is 0. The first-order chi connectivity index (χ1) is 13.5. The van der Waals surface area contributed by atoms with E-state index in [1.54, 1.807) is 12.1 Å². The quantitative estimate of drug-likeness (QED) is 0.447. The summed E-state index contributed by atoms with van der Waals surface area (Å²) >= 11 is 0. The lowest BCUT2D eigenvalue weighted by Gasteiger charge is -2.40.